The zero-order chi connectivity index (χ0) is 33.6. The highest BCUT2D eigenvalue weighted by Gasteiger charge is 2.50. The van der Waals surface area contributed by atoms with Crippen molar-refractivity contribution in [2.45, 2.75) is 37.9 Å². The highest BCUT2D eigenvalue weighted by atomic mass is 31.3. The van der Waals surface area contributed by atoms with Gasteiger partial charge in [0.25, 0.3) is 5.56 Å². The zero-order valence-electron chi connectivity index (χ0n) is 23.0. The van der Waals surface area contributed by atoms with E-state index in [1.54, 1.807) is 0 Å². The van der Waals surface area contributed by atoms with Gasteiger partial charge in [0.05, 0.1) is 25.9 Å². The van der Waals surface area contributed by atoms with Crippen LogP contribution in [-0.2, 0) is 57.1 Å². The van der Waals surface area contributed by atoms with E-state index < -0.39 is 77.7 Å². The minimum Gasteiger partial charge on any atom is -0.457 e. The molecule has 2 aromatic rings. The molecule has 2 aromatic heterocycles. The van der Waals surface area contributed by atoms with E-state index in [9.17, 15) is 42.7 Å². The lowest BCUT2D eigenvalue weighted by Crippen LogP contribution is -2.41. The van der Waals surface area contributed by atoms with Crippen LogP contribution in [0.1, 0.15) is 24.4 Å². The van der Waals surface area contributed by atoms with E-state index in [1.165, 1.54) is 12.5 Å². The second-order valence-corrected chi connectivity index (χ2v) is 13.2. The molecule has 1 aliphatic rings. The number of carbonyl (C=O) groups excluding carboxylic acids is 2. The molecule has 0 radical (unpaired) electrons. The predicted octanol–water partition coefficient (Wildman–Crippen LogP) is -1.84. The largest absolute Gasteiger partial charge is 0.490 e. The van der Waals surface area contributed by atoms with Crippen molar-refractivity contribution in [2.24, 2.45) is 0 Å². The van der Waals surface area contributed by atoms with Crippen molar-refractivity contribution < 1.29 is 70.2 Å². The topological polar surface area (TPSA) is 317 Å². The molecule has 248 valence electrons. The number of aromatic amines is 2. The number of imidazole rings is 1. The summed E-state index contributed by atoms with van der Waals surface area (Å²) in [5.74, 6) is 3.75. The van der Waals surface area contributed by atoms with Gasteiger partial charge in [-0.15, -0.1) is 0 Å². The molecule has 1 fully saturated rings. The number of nitrogens with zero attached hydrogens (tertiary/aromatic N) is 2. The fourth-order valence-electron chi connectivity index (χ4n) is 3.78. The van der Waals surface area contributed by atoms with Crippen LogP contribution in [0.15, 0.2) is 28.3 Å². The molecular formula is C20H26N5O17P3. The summed E-state index contributed by atoms with van der Waals surface area (Å²) in [6, 6.07) is 0. The number of H-pyrrole nitrogens is 2. The highest BCUT2D eigenvalue weighted by Crippen LogP contribution is 2.66. The van der Waals surface area contributed by atoms with Gasteiger partial charge >= 0.3 is 35.1 Å². The zero-order valence-corrected chi connectivity index (χ0v) is 25.7. The molecule has 0 aliphatic carbocycles. The number of methoxy groups -OCH3 is 1. The van der Waals surface area contributed by atoms with Crippen LogP contribution in [0.3, 0.4) is 0 Å². The van der Waals surface area contributed by atoms with Gasteiger partial charge in [0.1, 0.15) is 17.8 Å². The number of carbonyl (C=O) groups is 2. The van der Waals surface area contributed by atoms with E-state index in [2.05, 4.69) is 40.3 Å². The summed E-state index contributed by atoms with van der Waals surface area (Å²) in [4.78, 5) is 93.9. The third-order valence-corrected chi connectivity index (χ3v) is 9.22. The van der Waals surface area contributed by atoms with E-state index in [0.29, 0.717) is 5.69 Å². The van der Waals surface area contributed by atoms with E-state index in [1.807, 2.05) is 4.98 Å². The smallest absolute Gasteiger partial charge is 0.457 e. The van der Waals surface area contributed by atoms with Crippen LogP contribution < -0.4 is 16.6 Å². The van der Waals surface area contributed by atoms with Gasteiger partial charge in [-0.2, -0.15) is 8.62 Å². The van der Waals surface area contributed by atoms with Gasteiger partial charge in [0, 0.05) is 32.1 Å². The highest BCUT2D eigenvalue weighted by molar-refractivity contribution is 7.66. The lowest BCUT2D eigenvalue weighted by molar-refractivity contribution is -0.154. The van der Waals surface area contributed by atoms with Gasteiger partial charge in [-0.1, -0.05) is 11.8 Å². The SMILES string of the molecule is CO[C@@H]1[C@H](OC(C)=O)[C@@H](COP(=O)(O)OP(=O)(O)OP(=O)(O)O)O[C@H]1n1cc(C#CCNC(=O)Cc2cnc[nH]2)c(=O)[nH]c1=O. The molecule has 0 spiro atoms. The average molecular weight is 701 g/mol. The lowest BCUT2D eigenvalue weighted by Gasteiger charge is -2.23. The Balaban J connectivity index is 1.79. The van der Waals surface area contributed by atoms with Crippen LogP contribution in [0.4, 0.5) is 0 Å². The normalized spacial score (nSPS) is 22.4. The summed E-state index contributed by atoms with van der Waals surface area (Å²) in [5, 5.41) is 2.51. The monoisotopic (exact) mass is 701 g/mol. The summed E-state index contributed by atoms with van der Waals surface area (Å²) in [7, 11) is -16.0. The van der Waals surface area contributed by atoms with Crippen molar-refractivity contribution in [3.05, 3.63) is 50.8 Å². The van der Waals surface area contributed by atoms with Gasteiger partial charge in [-0.25, -0.2) is 23.5 Å². The maximum absolute atomic E-state index is 12.7. The molecule has 2 unspecified atom stereocenters. The van der Waals surface area contributed by atoms with E-state index in [-0.39, 0.29) is 18.5 Å². The van der Waals surface area contributed by atoms with Crippen LogP contribution in [0.2, 0.25) is 0 Å². The fraction of sp³-hybridized carbons (Fsp3) is 0.450. The maximum Gasteiger partial charge on any atom is 0.490 e. The molecular weight excluding hydrogens is 675 g/mol. The van der Waals surface area contributed by atoms with Gasteiger partial charge in [0.15, 0.2) is 12.3 Å². The van der Waals surface area contributed by atoms with Crippen molar-refractivity contribution in [3.63, 3.8) is 0 Å². The third-order valence-electron chi connectivity index (χ3n) is 5.42. The molecule has 3 heterocycles. The van der Waals surface area contributed by atoms with Gasteiger partial charge in [0.2, 0.25) is 5.91 Å². The first-order chi connectivity index (χ1) is 20.9. The van der Waals surface area contributed by atoms with Crippen LogP contribution in [-0.4, -0.2) is 89.5 Å². The second kappa shape index (κ2) is 14.9. The predicted molar refractivity (Wildman–Crippen MR) is 144 cm³/mol. The van der Waals surface area contributed by atoms with Gasteiger partial charge in [-0.05, 0) is 0 Å². The number of ether oxygens (including phenoxy) is 3. The molecule has 45 heavy (non-hydrogen) atoms. The fourth-order valence-corrected chi connectivity index (χ4v) is 6.81. The standard InChI is InChI=1S/C20H26N5O17P3/c1-11(26)39-16-14(9-38-44(33,34)42-45(35,36)41-43(30,31)32)40-19(17(16)37-2)25-8-12(18(28)24-20(25)29)4-3-5-22-15(27)6-13-7-21-10-23-13/h7-8,10,14,16-17,19H,5-6,9H2,1-2H3,(H,21,23)(H,22,27)(H,33,34)(H,35,36)(H,24,28,29)(H2,30,31,32)/t14-,16-,17-,19-/m1/s1. The molecule has 1 aliphatic heterocycles. The summed E-state index contributed by atoms with van der Waals surface area (Å²) in [6.45, 7) is -0.239. The van der Waals surface area contributed by atoms with Crippen LogP contribution in [0.25, 0.3) is 0 Å². The number of phosphoric acid groups is 3. The Labute approximate surface area is 251 Å². The Morgan fingerprint density at radius 1 is 1.13 bits per heavy atom. The molecule has 6 atom stereocenters. The molecule has 7 N–H and O–H groups in total. The van der Waals surface area contributed by atoms with Crippen molar-refractivity contribution in [3.8, 4) is 11.8 Å². The number of aromatic nitrogens is 4. The Morgan fingerprint density at radius 3 is 2.44 bits per heavy atom. The van der Waals surface area contributed by atoms with Crippen LogP contribution in [0, 0.1) is 11.8 Å². The minimum atomic E-state index is -5.83. The van der Waals surface area contributed by atoms with Gasteiger partial charge < -0.3 is 44.1 Å². The molecule has 1 saturated heterocycles. The number of phosphoric ester groups is 1. The maximum atomic E-state index is 12.7. The molecule has 25 heteroatoms. The Bertz CT molecular complexity index is 1710. The number of esters is 1. The van der Waals surface area contributed by atoms with Crippen molar-refractivity contribution in [1.29, 1.82) is 0 Å². The quantitative estimate of drug-likeness (QED) is 0.0685. The molecule has 22 nitrogen and oxygen atoms in total. The lowest BCUT2D eigenvalue weighted by atomic mass is 10.1. The minimum absolute atomic E-state index is 0.00268. The average Bonchev–Trinajstić information content (AvgIpc) is 3.51. The number of nitrogens with one attached hydrogen (secondary N) is 3. The Kier molecular flexibility index (Phi) is 12.0. The van der Waals surface area contributed by atoms with E-state index in [4.69, 9.17) is 24.0 Å². The molecule has 0 bridgehead atoms. The van der Waals surface area contributed by atoms with E-state index in [0.717, 1.165) is 24.8 Å². The molecule has 0 saturated carbocycles. The number of hydrogen-bond acceptors (Lipinski definition) is 14. The van der Waals surface area contributed by atoms with Crippen molar-refractivity contribution in [1.82, 2.24) is 24.8 Å². The first-order valence-electron chi connectivity index (χ1n) is 12.1. The summed E-state index contributed by atoms with van der Waals surface area (Å²) in [6.07, 6.45) is -2.02. The Hall–Kier alpha value is -3.28. The first-order valence-corrected chi connectivity index (χ1v) is 16.6. The second-order valence-electron chi connectivity index (χ2n) is 8.77. The van der Waals surface area contributed by atoms with Crippen molar-refractivity contribution >= 4 is 35.3 Å². The first kappa shape index (κ1) is 36.2. The number of rotatable bonds is 13. The van der Waals surface area contributed by atoms with Crippen LogP contribution >= 0.6 is 23.5 Å². The summed E-state index contributed by atoms with van der Waals surface area (Å²) < 4.78 is 63.5. The third kappa shape index (κ3) is 10.9. The van der Waals surface area contributed by atoms with Crippen LogP contribution in [0.5, 0.6) is 0 Å². The summed E-state index contributed by atoms with van der Waals surface area (Å²) in [5.41, 5.74) is -1.65. The number of amides is 1. The van der Waals surface area contributed by atoms with Crippen molar-refractivity contribution in [2.75, 3.05) is 20.3 Å². The molecule has 3 rings (SSSR count). The van der Waals surface area contributed by atoms with Gasteiger partial charge in [-0.3, -0.25) is 28.5 Å². The summed E-state index contributed by atoms with van der Waals surface area (Å²) >= 11 is 0. The van der Waals surface area contributed by atoms with E-state index >= 15 is 0 Å². The number of hydrogen-bond donors (Lipinski definition) is 7. The Morgan fingerprint density at radius 2 is 1.84 bits per heavy atom. The molecule has 0 aromatic carbocycles. The molecule has 1 amide bonds.